The fourth-order valence-electron chi connectivity index (χ4n) is 0.936. The molecule has 0 amide bonds. The van der Waals surface area contributed by atoms with Crippen LogP contribution < -0.4 is 22.5 Å². The van der Waals surface area contributed by atoms with Gasteiger partial charge in [0, 0.05) is 12.6 Å². The summed E-state index contributed by atoms with van der Waals surface area (Å²) < 4.78 is 0. The molecule has 6 heteroatoms. The molecular formula is C18H46N6. The van der Waals surface area contributed by atoms with E-state index in [0.29, 0.717) is 11.9 Å². The molecule has 0 fully saturated rings. The van der Waals surface area contributed by atoms with Gasteiger partial charge in [0.25, 0.3) is 0 Å². The molecular weight excluding hydrogens is 300 g/mol. The summed E-state index contributed by atoms with van der Waals surface area (Å²) in [5, 5.41) is 3.03. The van der Waals surface area contributed by atoms with E-state index in [4.69, 9.17) is 17.2 Å². The number of hydrogen-bond donors (Lipinski definition) is 4. The minimum absolute atomic E-state index is 0.574. The lowest BCUT2D eigenvalue weighted by atomic mass is 10.3. The van der Waals surface area contributed by atoms with Crippen LogP contribution in [0.25, 0.3) is 0 Å². The highest BCUT2D eigenvalue weighted by atomic mass is 15.0. The second kappa shape index (κ2) is 33.5. The first-order valence-electron chi connectivity index (χ1n) is 9.40. The van der Waals surface area contributed by atoms with E-state index in [-0.39, 0.29) is 0 Å². The first-order chi connectivity index (χ1) is 11.5. The summed E-state index contributed by atoms with van der Waals surface area (Å²) in [7, 11) is 0. The van der Waals surface area contributed by atoms with Gasteiger partial charge in [0.2, 0.25) is 0 Å². The minimum Gasteiger partial charge on any atom is -0.388 e. The van der Waals surface area contributed by atoms with Crippen molar-refractivity contribution in [1.82, 2.24) is 5.32 Å². The molecule has 0 saturated carbocycles. The summed E-state index contributed by atoms with van der Waals surface area (Å²) in [6.07, 6.45) is 6.32. The second-order valence-electron chi connectivity index (χ2n) is 5.02. The molecule has 0 spiro atoms. The maximum Gasteiger partial charge on any atom is 0.0905 e. The normalized spacial score (nSPS) is 14.4. The number of hydrogen-bond acceptors (Lipinski definition) is 5. The van der Waals surface area contributed by atoms with E-state index < -0.39 is 0 Å². The molecule has 1 unspecified atom stereocenters. The number of nitrogens with two attached hydrogens (primary N) is 3. The molecule has 0 aromatic rings. The van der Waals surface area contributed by atoms with Crippen LogP contribution >= 0.6 is 0 Å². The maximum absolute atomic E-state index is 5.23. The Balaban J connectivity index is -0.000000109. The van der Waals surface area contributed by atoms with Gasteiger partial charge in [-0.25, -0.2) is 0 Å². The average molecular weight is 347 g/mol. The Bertz CT molecular complexity index is 226. The summed E-state index contributed by atoms with van der Waals surface area (Å²) in [6.45, 7) is 17.6. The van der Waals surface area contributed by atoms with E-state index in [9.17, 15) is 0 Å². The van der Waals surface area contributed by atoms with E-state index in [0.717, 1.165) is 39.0 Å². The van der Waals surface area contributed by atoms with Crippen molar-refractivity contribution in [2.45, 2.75) is 80.2 Å². The van der Waals surface area contributed by atoms with E-state index in [2.05, 4.69) is 43.0 Å². The molecule has 1 rings (SSSR count). The van der Waals surface area contributed by atoms with E-state index >= 15 is 0 Å². The van der Waals surface area contributed by atoms with Crippen molar-refractivity contribution in [2.24, 2.45) is 27.2 Å². The highest BCUT2D eigenvalue weighted by Gasteiger charge is 1.98. The Hall–Kier alpha value is -1.14. The molecule has 148 valence electrons. The molecule has 0 radical (unpaired) electrons. The second-order valence-corrected chi connectivity index (χ2v) is 5.02. The fraction of sp³-hybridized carbons (Fsp3) is 0.889. The van der Waals surface area contributed by atoms with Gasteiger partial charge < -0.3 is 22.5 Å². The molecule has 24 heavy (non-hydrogen) atoms. The van der Waals surface area contributed by atoms with Gasteiger partial charge in [-0.2, -0.15) is 0 Å². The molecule has 1 atom stereocenters. The molecule has 0 saturated heterocycles. The van der Waals surface area contributed by atoms with Crippen molar-refractivity contribution < 1.29 is 0 Å². The van der Waals surface area contributed by atoms with Crippen molar-refractivity contribution in [3.63, 3.8) is 0 Å². The van der Waals surface area contributed by atoms with Crippen molar-refractivity contribution in [2.75, 3.05) is 26.2 Å². The number of amidine groups is 1. The summed E-state index contributed by atoms with van der Waals surface area (Å²) in [6, 6.07) is 0.574. The third kappa shape index (κ3) is 49.7. The van der Waals surface area contributed by atoms with Crippen LogP contribution in [-0.2, 0) is 0 Å². The number of rotatable bonds is 5. The number of nitrogens with one attached hydrogen (secondary N) is 1. The molecule has 0 aliphatic carbocycles. The maximum atomic E-state index is 5.23. The van der Waals surface area contributed by atoms with Crippen molar-refractivity contribution in [1.29, 1.82) is 0 Å². The molecule has 1 aliphatic heterocycles. The standard InChI is InChI=1S/C5H12N2.C4H8N2.C4H11N.C3H9N.C2H6/c1-3-4-7-5(2)6;1-4-2-5-3-6-4;1-2-3-4-5;1-2-3-4;1-2/h3-4H2,1-2H3,(H2,6,7);3-4H,2H2,1H3,(H,5,6);2-5H2,1H3;2-4H2,1H3;1-2H3. The van der Waals surface area contributed by atoms with Crippen molar-refractivity contribution in [3.05, 3.63) is 0 Å². The number of unbranched alkanes of at least 4 members (excludes halogenated alkanes) is 1. The number of nitrogens with zero attached hydrogens (tertiary/aromatic N) is 2. The molecule has 6 nitrogen and oxygen atoms in total. The smallest absolute Gasteiger partial charge is 0.0905 e. The van der Waals surface area contributed by atoms with Crippen LogP contribution in [0.3, 0.4) is 0 Å². The lowest BCUT2D eigenvalue weighted by molar-refractivity contribution is 0.729. The van der Waals surface area contributed by atoms with Crippen LogP contribution in [0.2, 0.25) is 0 Å². The SMILES string of the molecule is CC.CC1CN=CN1.CCCCN.CCCN.CCCN=C(C)N. The van der Waals surface area contributed by atoms with Crippen LogP contribution in [-0.4, -0.2) is 44.4 Å². The first-order valence-corrected chi connectivity index (χ1v) is 9.40. The lowest BCUT2D eigenvalue weighted by Crippen LogP contribution is -2.19. The predicted molar refractivity (Wildman–Crippen MR) is 113 cm³/mol. The lowest BCUT2D eigenvalue weighted by Gasteiger charge is -1.94. The van der Waals surface area contributed by atoms with Crippen LogP contribution in [0.4, 0.5) is 0 Å². The summed E-state index contributed by atoms with van der Waals surface area (Å²) in [4.78, 5) is 7.87. The van der Waals surface area contributed by atoms with Gasteiger partial charge in [-0.1, -0.05) is 41.0 Å². The van der Waals surface area contributed by atoms with E-state index in [1.807, 2.05) is 13.8 Å². The quantitative estimate of drug-likeness (QED) is 0.452. The summed E-state index contributed by atoms with van der Waals surface area (Å²) >= 11 is 0. The third-order valence-corrected chi connectivity index (χ3v) is 2.26. The van der Waals surface area contributed by atoms with E-state index in [1.54, 1.807) is 13.3 Å². The molecule has 1 heterocycles. The number of aliphatic imine (C=N–C) groups is 2. The zero-order chi connectivity index (χ0) is 19.6. The summed E-state index contributed by atoms with van der Waals surface area (Å²) in [5.41, 5.74) is 15.4. The van der Waals surface area contributed by atoms with Gasteiger partial charge in [-0.3, -0.25) is 9.98 Å². The van der Waals surface area contributed by atoms with E-state index in [1.165, 1.54) is 12.8 Å². The zero-order valence-electron chi connectivity index (χ0n) is 17.4. The van der Waals surface area contributed by atoms with Crippen LogP contribution in [0.15, 0.2) is 9.98 Å². The fourth-order valence-corrected chi connectivity index (χ4v) is 0.936. The predicted octanol–water partition coefficient (Wildman–Crippen LogP) is 2.91. The highest BCUT2D eigenvalue weighted by molar-refractivity contribution is 5.77. The topological polar surface area (TPSA) is 115 Å². The molecule has 1 aliphatic rings. The third-order valence-electron chi connectivity index (χ3n) is 2.26. The van der Waals surface area contributed by atoms with Gasteiger partial charge in [-0.15, -0.1) is 0 Å². The van der Waals surface area contributed by atoms with Crippen molar-refractivity contribution >= 4 is 12.2 Å². The summed E-state index contributed by atoms with van der Waals surface area (Å²) in [5.74, 6) is 0.682. The van der Waals surface area contributed by atoms with Crippen molar-refractivity contribution in [3.8, 4) is 0 Å². The Morgan fingerprint density at radius 2 is 1.67 bits per heavy atom. The molecule has 7 N–H and O–H groups in total. The van der Waals surface area contributed by atoms with Gasteiger partial charge in [-0.05, 0) is 46.2 Å². The first kappa shape index (κ1) is 30.7. The Morgan fingerprint density at radius 3 is 1.75 bits per heavy atom. The molecule has 0 aromatic heterocycles. The Morgan fingerprint density at radius 1 is 1.12 bits per heavy atom. The van der Waals surface area contributed by atoms with Gasteiger partial charge in [0.05, 0.1) is 18.7 Å². The Kier molecular flexibility index (Phi) is 42.8. The van der Waals surface area contributed by atoms with Crippen LogP contribution in [0.5, 0.6) is 0 Å². The Labute approximate surface area is 151 Å². The molecule has 0 bridgehead atoms. The average Bonchev–Trinajstić information content (AvgIpc) is 3.08. The van der Waals surface area contributed by atoms with Crippen LogP contribution in [0, 0.1) is 0 Å². The largest absolute Gasteiger partial charge is 0.388 e. The van der Waals surface area contributed by atoms with Crippen LogP contribution in [0.1, 0.15) is 74.1 Å². The van der Waals surface area contributed by atoms with Gasteiger partial charge >= 0.3 is 0 Å². The monoisotopic (exact) mass is 346 g/mol. The highest BCUT2D eigenvalue weighted by Crippen LogP contribution is 1.84. The van der Waals surface area contributed by atoms with Gasteiger partial charge in [0.1, 0.15) is 0 Å². The minimum atomic E-state index is 0.574. The molecule has 0 aromatic carbocycles. The zero-order valence-corrected chi connectivity index (χ0v) is 17.4. The van der Waals surface area contributed by atoms with Gasteiger partial charge in [0.15, 0.2) is 0 Å².